The van der Waals surface area contributed by atoms with E-state index in [0.29, 0.717) is 6.54 Å². The second-order valence-electron chi connectivity index (χ2n) is 4.95. The van der Waals surface area contributed by atoms with Crippen molar-refractivity contribution in [3.8, 4) is 0 Å². The van der Waals surface area contributed by atoms with Gasteiger partial charge in [0.2, 0.25) is 0 Å². The molecule has 0 saturated carbocycles. The largest absolute Gasteiger partial charge is 0.481 e. The second-order valence-corrected chi connectivity index (χ2v) is 5.86. The Morgan fingerprint density at radius 3 is 2.67 bits per heavy atom. The maximum absolute atomic E-state index is 12.1. The molecule has 1 saturated heterocycles. The van der Waals surface area contributed by atoms with E-state index in [0.717, 1.165) is 10.0 Å². The Bertz CT molecular complexity index is 520. The lowest BCUT2D eigenvalue weighted by atomic mass is 10.0. The molecule has 1 aliphatic rings. The molecule has 1 aliphatic heterocycles. The average molecular weight is 357 g/mol. The molecule has 0 bridgehead atoms. The number of carboxylic acid groups (broad SMARTS) is 1. The fraction of sp³-hybridized carbons (Fsp3) is 0.429. The molecule has 7 heteroatoms. The van der Waals surface area contributed by atoms with Crippen LogP contribution in [0.5, 0.6) is 0 Å². The number of benzene rings is 1. The minimum absolute atomic E-state index is 0.143. The third-order valence-corrected chi connectivity index (χ3v) is 4.07. The van der Waals surface area contributed by atoms with Crippen molar-refractivity contribution in [3.63, 3.8) is 0 Å². The smallest absolute Gasteiger partial charge is 0.317 e. The molecule has 0 aromatic heterocycles. The number of ether oxygens (including phenoxy) is 1. The zero-order valence-corrected chi connectivity index (χ0v) is 13.2. The molecule has 1 aromatic rings. The molecule has 1 aromatic carbocycles. The number of carboxylic acids is 1. The standard InChI is InChI=1S/C14H17BrN2O4/c1-17(12-8-21-7-11(12)13(18)19)14(20)16-6-9-2-4-10(15)5-3-9/h2-5,11-12H,6-8H2,1H3,(H,16,20)(H,18,19). The van der Waals surface area contributed by atoms with E-state index < -0.39 is 17.9 Å². The first kappa shape index (κ1) is 15.8. The Labute approximate surface area is 131 Å². The van der Waals surface area contributed by atoms with Crippen LogP contribution in [0.25, 0.3) is 0 Å². The quantitative estimate of drug-likeness (QED) is 0.860. The summed E-state index contributed by atoms with van der Waals surface area (Å²) in [5, 5.41) is 11.9. The normalized spacial score (nSPS) is 21.0. The van der Waals surface area contributed by atoms with E-state index in [1.54, 1.807) is 7.05 Å². The molecule has 1 heterocycles. The zero-order chi connectivity index (χ0) is 15.4. The van der Waals surface area contributed by atoms with Gasteiger partial charge < -0.3 is 20.1 Å². The Morgan fingerprint density at radius 1 is 1.38 bits per heavy atom. The summed E-state index contributed by atoms with van der Waals surface area (Å²) in [6.45, 7) is 0.783. The molecule has 114 valence electrons. The number of carbonyl (C=O) groups is 2. The molecule has 21 heavy (non-hydrogen) atoms. The summed E-state index contributed by atoms with van der Waals surface area (Å²) >= 11 is 3.35. The van der Waals surface area contributed by atoms with Crippen LogP contribution in [0.3, 0.4) is 0 Å². The highest BCUT2D eigenvalue weighted by Crippen LogP contribution is 2.19. The van der Waals surface area contributed by atoms with Crippen LogP contribution < -0.4 is 5.32 Å². The van der Waals surface area contributed by atoms with Crippen molar-refractivity contribution in [1.82, 2.24) is 10.2 Å². The number of urea groups is 1. The molecular weight excluding hydrogens is 340 g/mol. The van der Waals surface area contributed by atoms with Crippen LogP contribution in [0.2, 0.25) is 0 Å². The van der Waals surface area contributed by atoms with E-state index in [4.69, 9.17) is 9.84 Å². The Balaban J connectivity index is 1.90. The molecule has 2 rings (SSSR count). The van der Waals surface area contributed by atoms with Crippen LogP contribution in [0.4, 0.5) is 4.79 Å². The van der Waals surface area contributed by atoms with Crippen LogP contribution in [0, 0.1) is 5.92 Å². The molecule has 2 atom stereocenters. The van der Waals surface area contributed by atoms with E-state index >= 15 is 0 Å². The average Bonchev–Trinajstić information content (AvgIpc) is 2.95. The van der Waals surface area contributed by atoms with Crippen LogP contribution in [-0.4, -0.2) is 48.3 Å². The van der Waals surface area contributed by atoms with E-state index in [2.05, 4.69) is 21.2 Å². The van der Waals surface area contributed by atoms with Crippen molar-refractivity contribution in [1.29, 1.82) is 0 Å². The van der Waals surface area contributed by atoms with Crippen molar-refractivity contribution in [2.45, 2.75) is 12.6 Å². The van der Waals surface area contributed by atoms with Gasteiger partial charge in [0.15, 0.2) is 0 Å². The monoisotopic (exact) mass is 356 g/mol. The van der Waals surface area contributed by atoms with Gasteiger partial charge in [0.05, 0.1) is 19.3 Å². The van der Waals surface area contributed by atoms with Crippen LogP contribution >= 0.6 is 15.9 Å². The second kappa shape index (κ2) is 6.91. The number of halogens is 1. The van der Waals surface area contributed by atoms with Gasteiger partial charge in [-0.3, -0.25) is 4.79 Å². The minimum Gasteiger partial charge on any atom is -0.481 e. The Kier molecular flexibility index (Phi) is 5.19. The van der Waals surface area contributed by atoms with Gasteiger partial charge in [0.25, 0.3) is 0 Å². The summed E-state index contributed by atoms with van der Waals surface area (Å²) in [4.78, 5) is 24.6. The van der Waals surface area contributed by atoms with Crippen molar-refractivity contribution in [2.75, 3.05) is 20.3 Å². The number of hydrogen-bond donors (Lipinski definition) is 2. The predicted octanol–water partition coefficient (Wildman–Crippen LogP) is 1.69. The van der Waals surface area contributed by atoms with Crippen molar-refractivity contribution in [2.24, 2.45) is 5.92 Å². The van der Waals surface area contributed by atoms with E-state index in [-0.39, 0.29) is 19.2 Å². The molecule has 6 nitrogen and oxygen atoms in total. The van der Waals surface area contributed by atoms with Crippen LogP contribution in [-0.2, 0) is 16.1 Å². The summed E-state index contributed by atoms with van der Waals surface area (Å²) < 4.78 is 6.14. The number of rotatable bonds is 4. The predicted molar refractivity (Wildman–Crippen MR) is 79.9 cm³/mol. The van der Waals surface area contributed by atoms with Gasteiger partial charge in [-0.1, -0.05) is 28.1 Å². The lowest BCUT2D eigenvalue weighted by Gasteiger charge is -2.26. The van der Waals surface area contributed by atoms with Gasteiger partial charge in [-0.2, -0.15) is 0 Å². The maximum atomic E-state index is 12.1. The summed E-state index contributed by atoms with van der Waals surface area (Å²) in [7, 11) is 1.59. The highest BCUT2D eigenvalue weighted by Gasteiger charge is 2.38. The first-order valence-corrected chi connectivity index (χ1v) is 7.34. The number of aliphatic carboxylic acids is 1. The van der Waals surface area contributed by atoms with Gasteiger partial charge in [-0.05, 0) is 17.7 Å². The fourth-order valence-electron chi connectivity index (χ4n) is 2.22. The molecule has 2 N–H and O–H groups in total. The van der Waals surface area contributed by atoms with Gasteiger partial charge in [0, 0.05) is 18.1 Å². The summed E-state index contributed by atoms with van der Waals surface area (Å²) in [6.07, 6.45) is 0. The highest BCUT2D eigenvalue weighted by atomic mass is 79.9. The maximum Gasteiger partial charge on any atom is 0.317 e. The molecule has 1 fully saturated rings. The molecule has 2 unspecified atom stereocenters. The van der Waals surface area contributed by atoms with Gasteiger partial charge in [-0.15, -0.1) is 0 Å². The number of amides is 2. The summed E-state index contributed by atoms with van der Waals surface area (Å²) in [6, 6.07) is 6.87. The first-order valence-electron chi connectivity index (χ1n) is 6.54. The third-order valence-electron chi connectivity index (χ3n) is 3.54. The number of hydrogen-bond acceptors (Lipinski definition) is 3. The van der Waals surface area contributed by atoms with E-state index in [1.807, 2.05) is 24.3 Å². The van der Waals surface area contributed by atoms with Crippen molar-refractivity contribution in [3.05, 3.63) is 34.3 Å². The van der Waals surface area contributed by atoms with Crippen molar-refractivity contribution < 1.29 is 19.4 Å². The van der Waals surface area contributed by atoms with Gasteiger partial charge in [0.1, 0.15) is 5.92 Å². The molecule has 0 radical (unpaired) electrons. The SMILES string of the molecule is CN(C(=O)NCc1ccc(Br)cc1)C1COCC1C(=O)O. The molecule has 0 aliphatic carbocycles. The number of nitrogens with zero attached hydrogens (tertiary/aromatic N) is 1. The van der Waals surface area contributed by atoms with Gasteiger partial charge in [-0.25, -0.2) is 4.79 Å². The van der Waals surface area contributed by atoms with Crippen LogP contribution in [0.1, 0.15) is 5.56 Å². The van der Waals surface area contributed by atoms with Crippen LogP contribution in [0.15, 0.2) is 28.7 Å². The molecular formula is C14H17BrN2O4. The Morgan fingerprint density at radius 2 is 2.05 bits per heavy atom. The van der Waals surface area contributed by atoms with E-state index in [9.17, 15) is 9.59 Å². The topological polar surface area (TPSA) is 78.9 Å². The molecule has 0 spiro atoms. The van der Waals surface area contributed by atoms with Gasteiger partial charge >= 0.3 is 12.0 Å². The third kappa shape index (κ3) is 3.95. The number of nitrogens with one attached hydrogen (secondary N) is 1. The highest BCUT2D eigenvalue weighted by molar-refractivity contribution is 9.10. The summed E-state index contributed by atoms with van der Waals surface area (Å²) in [5.41, 5.74) is 0.970. The lowest BCUT2D eigenvalue weighted by molar-refractivity contribution is -0.142. The van der Waals surface area contributed by atoms with Crippen molar-refractivity contribution >= 4 is 27.9 Å². The number of carbonyl (C=O) groups excluding carboxylic acids is 1. The lowest BCUT2D eigenvalue weighted by Crippen LogP contribution is -2.48. The number of likely N-dealkylation sites (N-methyl/N-ethyl adjacent to an activating group) is 1. The first-order chi connectivity index (χ1) is 9.99. The zero-order valence-electron chi connectivity index (χ0n) is 11.6. The minimum atomic E-state index is -0.940. The summed E-state index contributed by atoms with van der Waals surface area (Å²) in [5.74, 6) is -1.61. The van der Waals surface area contributed by atoms with E-state index in [1.165, 1.54) is 4.90 Å². The fourth-order valence-corrected chi connectivity index (χ4v) is 2.48. The Hall–Kier alpha value is -1.60. The molecule has 2 amide bonds.